The van der Waals surface area contributed by atoms with Crippen LogP contribution in [-0.2, 0) is 6.42 Å². The third-order valence-electron chi connectivity index (χ3n) is 4.56. The molecule has 1 aromatic carbocycles. The molecule has 0 aliphatic carbocycles. The molecule has 0 amide bonds. The molecule has 2 aliphatic rings. The summed E-state index contributed by atoms with van der Waals surface area (Å²) in [6.07, 6.45) is 4.98. The van der Waals surface area contributed by atoms with Gasteiger partial charge in [0.2, 0.25) is 0 Å². The number of fused-ring (bicyclic) bond motifs is 1. The molecule has 2 heterocycles. The number of piperidine rings is 1. The SMILES string of the molecule is OC1(Cc2ccc(F)c(Br)c2)CCN2CCCCC21. The van der Waals surface area contributed by atoms with E-state index in [0.29, 0.717) is 10.9 Å². The van der Waals surface area contributed by atoms with Crippen LogP contribution < -0.4 is 0 Å². The normalized spacial score (nSPS) is 31.4. The predicted octanol–water partition coefficient (Wildman–Crippen LogP) is 3.12. The molecule has 0 radical (unpaired) electrons. The van der Waals surface area contributed by atoms with Crippen LogP contribution in [0.3, 0.4) is 0 Å². The Kier molecular flexibility index (Phi) is 3.67. The first-order valence-electron chi connectivity index (χ1n) is 6.99. The molecule has 2 atom stereocenters. The van der Waals surface area contributed by atoms with Crippen LogP contribution >= 0.6 is 15.9 Å². The number of nitrogens with zero attached hydrogens (tertiary/aromatic N) is 1. The van der Waals surface area contributed by atoms with Crippen LogP contribution in [-0.4, -0.2) is 34.7 Å². The maximum atomic E-state index is 13.3. The minimum absolute atomic E-state index is 0.249. The average molecular weight is 328 g/mol. The third kappa shape index (κ3) is 2.58. The average Bonchev–Trinajstić information content (AvgIpc) is 2.73. The van der Waals surface area contributed by atoms with E-state index in [9.17, 15) is 9.50 Å². The standard InChI is InChI=1S/C15H19BrFNO/c16-12-9-11(4-5-13(12)17)10-15(19)6-8-18-7-2-1-3-14(15)18/h4-5,9,14,19H,1-3,6-8,10H2. The fourth-order valence-corrected chi connectivity index (χ4v) is 4.01. The van der Waals surface area contributed by atoms with Gasteiger partial charge >= 0.3 is 0 Å². The maximum absolute atomic E-state index is 13.3. The van der Waals surface area contributed by atoms with Crippen LogP contribution in [0.5, 0.6) is 0 Å². The molecule has 2 aliphatic heterocycles. The smallest absolute Gasteiger partial charge is 0.137 e. The Morgan fingerprint density at radius 3 is 3.00 bits per heavy atom. The summed E-state index contributed by atoms with van der Waals surface area (Å²) in [7, 11) is 0. The van der Waals surface area contributed by atoms with E-state index in [1.54, 1.807) is 12.1 Å². The Morgan fingerprint density at radius 2 is 2.21 bits per heavy atom. The number of hydrogen-bond acceptors (Lipinski definition) is 2. The van der Waals surface area contributed by atoms with Crippen molar-refractivity contribution in [2.45, 2.75) is 43.7 Å². The molecule has 104 valence electrons. The first kappa shape index (κ1) is 13.5. The highest BCUT2D eigenvalue weighted by Crippen LogP contribution is 2.37. The minimum Gasteiger partial charge on any atom is -0.388 e. The topological polar surface area (TPSA) is 23.5 Å². The van der Waals surface area contributed by atoms with Gasteiger partial charge in [0.05, 0.1) is 10.1 Å². The van der Waals surface area contributed by atoms with E-state index >= 15 is 0 Å². The highest BCUT2D eigenvalue weighted by atomic mass is 79.9. The number of rotatable bonds is 2. The van der Waals surface area contributed by atoms with Crippen LogP contribution in [0.25, 0.3) is 0 Å². The molecule has 2 unspecified atom stereocenters. The van der Waals surface area contributed by atoms with E-state index in [0.717, 1.165) is 31.5 Å². The lowest BCUT2D eigenvalue weighted by atomic mass is 9.84. The summed E-state index contributed by atoms with van der Waals surface area (Å²) in [5.74, 6) is -0.249. The molecular weight excluding hydrogens is 309 g/mol. The summed E-state index contributed by atoms with van der Waals surface area (Å²) in [6.45, 7) is 2.10. The van der Waals surface area contributed by atoms with Crippen molar-refractivity contribution < 1.29 is 9.50 Å². The van der Waals surface area contributed by atoms with Crippen molar-refractivity contribution in [2.24, 2.45) is 0 Å². The zero-order chi connectivity index (χ0) is 13.5. The lowest BCUT2D eigenvalue weighted by Gasteiger charge is -2.37. The van der Waals surface area contributed by atoms with E-state index in [-0.39, 0.29) is 11.9 Å². The highest BCUT2D eigenvalue weighted by Gasteiger charge is 2.46. The third-order valence-corrected chi connectivity index (χ3v) is 5.17. The summed E-state index contributed by atoms with van der Waals surface area (Å²) >= 11 is 3.21. The predicted molar refractivity (Wildman–Crippen MR) is 76.6 cm³/mol. The number of hydrogen-bond donors (Lipinski definition) is 1. The molecule has 0 spiro atoms. The minimum atomic E-state index is -0.641. The van der Waals surface area contributed by atoms with Crippen molar-refractivity contribution in [3.63, 3.8) is 0 Å². The number of benzene rings is 1. The summed E-state index contributed by atoms with van der Waals surface area (Å²) in [5.41, 5.74) is 0.362. The second kappa shape index (κ2) is 5.15. The fraction of sp³-hybridized carbons (Fsp3) is 0.600. The second-order valence-corrected chi connectivity index (χ2v) is 6.68. The van der Waals surface area contributed by atoms with Crippen LogP contribution in [0.15, 0.2) is 22.7 Å². The van der Waals surface area contributed by atoms with Crippen molar-refractivity contribution >= 4 is 15.9 Å². The molecule has 4 heteroatoms. The molecule has 2 saturated heterocycles. The van der Waals surface area contributed by atoms with Gasteiger partial charge in [0.25, 0.3) is 0 Å². The van der Waals surface area contributed by atoms with Crippen molar-refractivity contribution in [2.75, 3.05) is 13.1 Å². The van der Waals surface area contributed by atoms with Gasteiger partial charge in [-0.15, -0.1) is 0 Å². The van der Waals surface area contributed by atoms with Gasteiger partial charge in [0.15, 0.2) is 0 Å². The highest BCUT2D eigenvalue weighted by molar-refractivity contribution is 9.10. The molecule has 0 saturated carbocycles. The van der Waals surface area contributed by atoms with E-state index < -0.39 is 5.60 Å². The maximum Gasteiger partial charge on any atom is 0.137 e. The second-order valence-electron chi connectivity index (χ2n) is 5.83. The summed E-state index contributed by atoms with van der Waals surface area (Å²) in [5, 5.41) is 10.9. The first-order valence-corrected chi connectivity index (χ1v) is 7.78. The van der Waals surface area contributed by atoms with E-state index in [1.165, 1.54) is 18.9 Å². The van der Waals surface area contributed by atoms with Gasteiger partial charge in [-0.05, 0) is 59.4 Å². The van der Waals surface area contributed by atoms with E-state index in [1.807, 2.05) is 0 Å². The Balaban J connectivity index is 1.79. The van der Waals surface area contributed by atoms with Crippen molar-refractivity contribution in [1.82, 2.24) is 4.90 Å². The first-order chi connectivity index (χ1) is 9.08. The molecule has 2 nitrogen and oxygen atoms in total. The van der Waals surface area contributed by atoms with E-state index in [4.69, 9.17) is 0 Å². The summed E-state index contributed by atoms with van der Waals surface area (Å²) in [6, 6.07) is 5.32. The van der Waals surface area contributed by atoms with Gasteiger partial charge in [-0.25, -0.2) is 4.39 Å². The van der Waals surface area contributed by atoms with Crippen LogP contribution in [0.2, 0.25) is 0 Å². The van der Waals surface area contributed by atoms with Crippen molar-refractivity contribution in [3.05, 3.63) is 34.1 Å². The monoisotopic (exact) mass is 327 g/mol. The Morgan fingerprint density at radius 1 is 1.37 bits per heavy atom. The Hall–Kier alpha value is -0.450. The van der Waals surface area contributed by atoms with Crippen LogP contribution in [0, 0.1) is 5.82 Å². The van der Waals surface area contributed by atoms with Gasteiger partial charge < -0.3 is 5.11 Å². The Bertz CT molecular complexity index is 481. The van der Waals surface area contributed by atoms with Crippen molar-refractivity contribution in [1.29, 1.82) is 0 Å². The molecule has 0 aromatic heterocycles. The molecule has 1 aromatic rings. The molecule has 3 rings (SSSR count). The van der Waals surface area contributed by atoms with Gasteiger partial charge in [-0.1, -0.05) is 12.5 Å². The molecule has 19 heavy (non-hydrogen) atoms. The summed E-state index contributed by atoms with van der Waals surface area (Å²) < 4.78 is 13.7. The Labute approximate surface area is 121 Å². The van der Waals surface area contributed by atoms with Crippen molar-refractivity contribution in [3.8, 4) is 0 Å². The number of halogens is 2. The van der Waals surface area contributed by atoms with E-state index in [2.05, 4.69) is 20.8 Å². The lowest BCUT2D eigenvalue weighted by Crippen LogP contribution is -2.48. The lowest BCUT2D eigenvalue weighted by molar-refractivity contribution is -0.00888. The summed E-state index contributed by atoms with van der Waals surface area (Å²) in [4.78, 5) is 2.42. The van der Waals surface area contributed by atoms with Crippen LogP contribution in [0.4, 0.5) is 4.39 Å². The van der Waals surface area contributed by atoms with Gasteiger partial charge in [0, 0.05) is 19.0 Å². The molecule has 1 N–H and O–H groups in total. The quantitative estimate of drug-likeness (QED) is 0.902. The largest absolute Gasteiger partial charge is 0.388 e. The van der Waals surface area contributed by atoms with Gasteiger partial charge in [0.1, 0.15) is 5.82 Å². The zero-order valence-electron chi connectivity index (χ0n) is 10.9. The van der Waals surface area contributed by atoms with Gasteiger partial charge in [-0.2, -0.15) is 0 Å². The molecule has 2 fully saturated rings. The molecule has 0 bridgehead atoms. The fourth-order valence-electron chi connectivity index (χ4n) is 3.58. The number of aliphatic hydroxyl groups is 1. The van der Waals surface area contributed by atoms with Gasteiger partial charge in [-0.3, -0.25) is 4.90 Å². The molecular formula is C15H19BrFNO. The van der Waals surface area contributed by atoms with Crippen LogP contribution in [0.1, 0.15) is 31.2 Å². The zero-order valence-corrected chi connectivity index (χ0v) is 12.5.